The Bertz CT molecular complexity index is 288. The van der Waals surface area contributed by atoms with Crippen LogP contribution in [0.15, 0.2) is 22.7 Å². The second-order valence-corrected chi connectivity index (χ2v) is 4.24. The number of aliphatic carboxylic acids is 1. The van der Waals surface area contributed by atoms with E-state index in [-0.39, 0.29) is 5.33 Å². The molecule has 0 aromatic rings. The standard InChI is InChI=1S/C8H7Br2FO2/c9-4-8(7(12)13)2-1-5(10)3-6(8)11/h1-3,6H,4H2,(H,12,13). The molecule has 1 rings (SSSR count). The molecule has 0 aromatic carbocycles. The predicted molar refractivity (Wildman–Crippen MR) is 54.9 cm³/mol. The highest BCUT2D eigenvalue weighted by Gasteiger charge is 2.44. The lowest BCUT2D eigenvalue weighted by atomic mass is 9.82. The number of rotatable bonds is 2. The summed E-state index contributed by atoms with van der Waals surface area (Å²) in [5, 5.41) is 8.94. The molecule has 2 atom stereocenters. The lowest BCUT2D eigenvalue weighted by Gasteiger charge is -2.28. The molecule has 72 valence electrons. The van der Waals surface area contributed by atoms with E-state index in [0.717, 1.165) is 0 Å². The second-order valence-electron chi connectivity index (χ2n) is 2.77. The third kappa shape index (κ3) is 1.86. The third-order valence-corrected chi connectivity index (χ3v) is 3.41. The van der Waals surface area contributed by atoms with E-state index in [1.54, 1.807) is 6.08 Å². The van der Waals surface area contributed by atoms with E-state index in [4.69, 9.17) is 5.11 Å². The summed E-state index contributed by atoms with van der Waals surface area (Å²) in [6.07, 6.45) is 2.64. The van der Waals surface area contributed by atoms with Gasteiger partial charge < -0.3 is 5.11 Å². The van der Waals surface area contributed by atoms with E-state index in [0.29, 0.717) is 4.48 Å². The summed E-state index contributed by atoms with van der Waals surface area (Å²) >= 11 is 6.10. The van der Waals surface area contributed by atoms with E-state index < -0.39 is 17.6 Å². The van der Waals surface area contributed by atoms with Crippen LogP contribution in [0.25, 0.3) is 0 Å². The van der Waals surface area contributed by atoms with Crippen LogP contribution in [0.4, 0.5) is 4.39 Å². The maximum absolute atomic E-state index is 13.4. The van der Waals surface area contributed by atoms with Crippen molar-refractivity contribution in [2.45, 2.75) is 6.17 Å². The molecule has 1 aliphatic carbocycles. The zero-order valence-electron chi connectivity index (χ0n) is 6.51. The van der Waals surface area contributed by atoms with Gasteiger partial charge in [-0.3, -0.25) is 4.79 Å². The minimum atomic E-state index is -1.51. The number of hydrogen-bond acceptors (Lipinski definition) is 1. The lowest BCUT2D eigenvalue weighted by molar-refractivity contribution is -0.147. The van der Waals surface area contributed by atoms with Gasteiger partial charge in [0.15, 0.2) is 0 Å². The summed E-state index contributed by atoms with van der Waals surface area (Å²) in [6.45, 7) is 0. The van der Waals surface area contributed by atoms with Crippen molar-refractivity contribution in [1.29, 1.82) is 0 Å². The number of allylic oxidation sites excluding steroid dienone is 3. The molecule has 0 fully saturated rings. The van der Waals surface area contributed by atoms with Gasteiger partial charge in [-0.1, -0.05) is 44.0 Å². The maximum atomic E-state index is 13.4. The fourth-order valence-corrected chi connectivity index (χ4v) is 2.13. The number of hydrogen-bond donors (Lipinski definition) is 1. The minimum Gasteiger partial charge on any atom is -0.480 e. The molecule has 13 heavy (non-hydrogen) atoms. The molecule has 1 aliphatic rings. The van der Waals surface area contributed by atoms with Crippen LogP contribution in [0.2, 0.25) is 0 Å². The van der Waals surface area contributed by atoms with Gasteiger partial charge in [0.2, 0.25) is 0 Å². The highest BCUT2D eigenvalue weighted by molar-refractivity contribution is 9.11. The van der Waals surface area contributed by atoms with Gasteiger partial charge in [0.05, 0.1) is 0 Å². The van der Waals surface area contributed by atoms with Crippen molar-refractivity contribution in [3.8, 4) is 0 Å². The quantitative estimate of drug-likeness (QED) is 0.796. The molecule has 5 heteroatoms. The van der Waals surface area contributed by atoms with Crippen molar-refractivity contribution in [3.05, 3.63) is 22.7 Å². The van der Waals surface area contributed by atoms with Gasteiger partial charge >= 0.3 is 5.97 Å². The SMILES string of the molecule is O=C(O)C1(CBr)C=CC(Br)=CC1F. The van der Waals surface area contributed by atoms with Gasteiger partial charge in [-0.25, -0.2) is 4.39 Å². The number of carbonyl (C=O) groups is 1. The van der Waals surface area contributed by atoms with E-state index >= 15 is 0 Å². The zero-order chi connectivity index (χ0) is 10.1. The van der Waals surface area contributed by atoms with E-state index in [1.807, 2.05) is 0 Å². The van der Waals surface area contributed by atoms with Gasteiger partial charge in [-0.15, -0.1) is 0 Å². The molecule has 2 unspecified atom stereocenters. The highest BCUT2D eigenvalue weighted by atomic mass is 79.9. The Morgan fingerprint density at radius 2 is 2.38 bits per heavy atom. The van der Waals surface area contributed by atoms with E-state index in [1.165, 1.54) is 12.2 Å². The Morgan fingerprint density at radius 1 is 1.77 bits per heavy atom. The van der Waals surface area contributed by atoms with Crippen LogP contribution >= 0.6 is 31.9 Å². The van der Waals surface area contributed by atoms with Gasteiger partial charge in [0, 0.05) is 9.81 Å². The van der Waals surface area contributed by atoms with Gasteiger partial charge in [-0.2, -0.15) is 0 Å². The molecule has 2 nitrogen and oxygen atoms in total. The molecular formula is C8H7Br2FO2. The molecular weight excluding hydrogens is 307 g/mol. The van der Waals surface area contributed by atoms with Gasteiger partial charge in [0.1, 0.15) is 11.6 Å². The maximum Gasteiger partial charge on any atom is 0.317 e. The van der Waals surface area contributed by atoms with E-state index in [2.05, 4.69) is 31.9 Å². The first-order chi connectivity index (χ1) is 6.03. The molecule has 0 radical (unpaired) electrons. The summed E-state index contributed by atoms with van der Waals surface area (Å²) in [5.74, 6) is -1.16. The van der Waals surface area contributed by atoms with Crippen molar-refractivity contribution in [2.24, 2.45) is 5.41 Å². The monoisotopic (exact) mass is 312 g/mol. The van der Waals surface area contributed by atoms with Crippen LogP contribution in [0, 0.1) is 5.41 Å². The van der Waals surface area contributed by atoms with Crippen LogP contribution in [-0.2, 0) is 4.79 Å². The number of halogens is 3. The summed E-state index contributed by atoms with van der Waals surface area (Å²) in [5.41, 5.74) is -1.46. The number of carboxylic acid groups (broad SMARTS) is 1. The van der Waals surface area contributed by atoms with Crippen LogP contribution < -0.4 is 0 Å². The molecule has 0 bridgehead atoms. The molecule has 0 saturated heterocycles. The van der Waals surface area contributed by atoms with Gasteiger partial charge in [0.25, 0.3) is 0 Å². The largest absolute Gasteiger partial charge is 0.480 e. The number of alkyl halides is 2. The fraction of sp³-hybridized carbons (Fsp3) is 0.375. The van der Waals surface area contributed by atoms with Crippen molar-refractivity contribution in [1.82, 2.24) is 0 Å². The van der Waals surface area contributed by atoms with Crippen LogP contribution in [0.1, 0.15) is 0 Å². The van der Waals surface area contributed by atoms with Crippen LogP contribution in [0.5, 0.6) is 0 Å². The normalized spacial score (nSPS) is 32.8. The first-order valence-electron chi connectivity index (χ1n) is 3.53. The Morgan fingerprint density at radius 3 is 2.77 bits per heavy atom. The van der Waals surface area contributed by atoms with Crippen molar-refractivity contribution >= 4 is 37.8 Å². The Hall–Kier alpha value is -0.160. The summed E-state index contributed by atoms with van der Waals surface area (Å²) in [7, 11) is 0. The fourth-order valence-electron chi connectivity index (χ4n) is 1.03. The molecule has 0 saturated carbocycles. The Balaban J connectivity index is 3.05. The van der Waals surface area contributed by atoms with Crippen molar-refractivity contribution < 1.29 is 14.3 Å². The predicted octanol–water partition coefficient (Wildman–Crippen LogP) is 2.64. The molecule has 0 aromatic heterocycles. The molecule has 1 N–H and O–H groups in total. The van der Waals surface area contributed by atoms with Crippen molar-refractivity contribution in [3.63, 3.8) is 0 Å². The Kier molecular flexibility index (Phi) is 3.29. The average molecular weight is 314 g/mol. The topological polar surface area (TPSA) is 37.3 Å². The summed E-state index contributed by atoms with van der Waals surface area (Å²) in [4.78, 5) is 10.9. The zero-order valence-corrected chi connectivity index (χ0v) is 9.68. The smallest absolute Gasteiger partial charge is 0.317 e. The Labute approximate surface area is 91.8 Å². The van der Waals surface area contributed by atoms with E-state index in [9.17, 15) is 9.18 Å². The summed E-state index contributed by atoms with van der Waals surface area (Å²) in [6, 6.07) is 0. The number of carboxylic acids is 1. The van der Waals surface area contributed by atoms with Crippen molar-refractivity contribution in [2.75, 3.05) is 5.33 Å². The first-order valence-corrected chi connectivity index (χ1v) is 5.44. The van der Waals surface area contributed by atoms with Crippen LogP contribution in [0.3, 0.4) is 0 Å². The molecule has 0 aliphatic heterocycles. The van der Waals surface area contributed by atoms with Crippen LogP contribution in [-0.4, -0.2) is 22.6 Å². The molecule has 0 spiro atoms. The molecule has 0 heterocycles. The average Bonchev–Trinajstić information content (AvgIpc) is 2.04. The molecule has 0 amide bonds. The van der Waals surface area contributed by atoms with Gasteiger partial charge in [-0.05, 0) is 6.08 Å². The highest BCUT2D eigenvalue weighted by Crippen LogP contribution is 2.36. The lowest BCUT2D eigenvalue weighted by Crippen LogP contribution is -2.40. The third-order valence-electron chi connectivity index (χ3n) is 1.96. The minimum absolute atomic E-state index is 0.0593. The first kappa shape index (κ1) is 10.9. The second kappa shape index (κ2) is 3.92. The summed E-state index contributed by atoms with van der Waals surface area (Å²) < 4.78 is 14.0.